The lowest BCUT2D eigenvalue weighted by atomic mass is 10.1. The van der Waals surface area contributed by atoms with Crippen molar-refractivity contribution in [1.29, 1.82) is 0 Å². The first-order valence-corrected chi connectivity index (χ1v) is 10.7. The van der Waals surface area contributed by atoms with Crippen LogP contribution in [-0.2, 0) is 34.9 Å². The molecular weight excluding hydrogens is 352 g/mol. The molecule has 26 heavy (non-hydrogen) atoms. The van der Waals surface area contributed by atoms with E-state index in [1.165, 1.54) is 19.2 Å². The topological polar surface area (TPSA) is 69.4 Å². The lowest BCUT2D eigenvalue weighted by molar-refractivity contribution is 0.106. The molecule has 0 bridgehead atoms. The largest absolute Gasteiger partial charge is 0.381 e. The molecule has 0 aromatic carbocycles. The highest BCUT2D eigenvalue weighted by atomic mass is 32.2. The number of hydrogen-bond donors (Lipinski definition) is 0. The third kappa shape index (κ3) is 3.87. The van der Waals surface area contributed by atoms with Gasteiger partial charge in [-0.2, -0.15) is 4.31 Å². The first kappa shape index (κ1) is 17.8. The van der Waals surface area contributed by atoms with Crippen molar-refractivity contribution in [2.75, 3.05) is 19.8 Å². The molecule has 0 radical (unpaired) electrons. The van der Waals surface area contributed by atoms with Crippen LogP contribution in [0.2, 0.25) is 0 Å². The van der Waals surface area contributed by atoms with Crippen molar-refractivity contribution in [1.82, 2.24) is 18.4 Å². The monoisotopic (exact) mass is 378 g/mol. The minimum Gasteiger partial charge on any atom is -0.381 e. The van der Waals surface area contributed by atoms with E-state index in [1.54, 1.807) is 22.1 Å². The Morgan fingerprint density at radius 2 is 2.12 bits per heavy atom. The predicted molar refractivity (Wildman–Crippen MR) is 96.9 cm³/mol. The molecule has 0 spiro atoms. The Balaban J connectivity index is 1.50. The van der Waals surface area contributed by atoms with Gasteiger partial charge >= 0.3 is 0 Å². The summed E-state index contributed by atoms with van der Waals surface area (Å²) in [6, 6.07) is 3.97. The molecule has 0 amide bonds. The Morgan fingerprint density at radius 3 is 2.85 bits per heavy atom. The highest BCUT2D eigenvalue weighted by Crippen LogP contribution is 2.29. The molecule has 4 rings (SSSR count). The van der Waals surface area contributed by atoms with Crippen LogP contribution in [0.3, 0.4) is 0 Å². The fourth-order valence-electron chi connectivity index (χ4n) is 3.44. The van der Waals surface area contributed by atoms with Crippen LogP contribution < -0.4 is 0 Å². The number of sulfonamides is 1. The Kier molecular flexibility index (Phi) is 4.90. The molecule has 0 saturated heterocycles. The maximum Gasteiger partial charge on any atom is 0.262 e. The van der Waals surface area contributed by atoms with Crippen molar-refractivity contribution in [3.63, 3.8) is 0 Å². The van der Waals surface area contributed by atoms with E-state index in [2.05, 4.69) is 9.55 Å². The summed E-state index contributed by atoms with van der Waals surface area (Å²) >= 11 is 0. The van der Waals surface area contributed by atoms with Crippen LogP contribution in [0.25, 0.3) is 0 Å². The quantitative estimate of drug-likeness (QED) is 0.690. The molecule has 7 nitrogen and oxygen atoms in total. The summed E-state index contributed by atoms with van der Waals surface area (Å²) in [5, 5.41) is 0.115. The average Bonchev–Trinajstić information content (AvgIpc) is 3.22. The van der Waals surface area contributed by atoms with Crippen molar-refractivity contribution in [2.45, 2.75) is 37.4 Å². The van der Waals surface area contributed by atoms with Crippen molar-refractivity contribution in [2.24, 2.45) is 18.9 Å². The third-order valence-electron chi connectivity index (χ3n) is 5.18. The van der Waals surface area contributed by atoms with Crippen LogP contribution in [0.15, 0.2) is 35.9 Å². The third-order valence-corrected chi connectivity index (χ3v) is 6.88. The fourth-order valence-corrected chi connectivity index (χ4v) is 4.90. The van der Waals surface area contributed by atoms with Gasteiger partial charge in [0.2, 0.25) is 0 Å². The zero-order valence-corrected chi connectivity index (χ0v) is 15.9. The molecular formula is C18H26N4O3S. The Hall–Kier alpha value is -1.64. The molecule has 1 fully saturated rings. The molecule has 2 aliphatic rings. The maximum atomic E-state index is 13.1. The summed E-state index contributed by atoms with van der Waals surface area (Å²) in [7, 11) is -1.83. The summed E-state index contributed by atoms with van der Waals surface area (Å²) in [6.07, 6.45) is 8.55. The highest BCUT2D eigenvalue weighted by molar-refractivity contribution is 7.89. The number of hydrogen-bond acceptors (Lipinski definition) is 4. The van der Waals surface area contributed by atoms with Crippen LogP contribution in [0.5, 0.6) is 0 Å². The van der Waals surface area contributed by atoms with Gasteiger partial charge in [0.15, 0.2) is 5.03 Å². The average molecular weight is 378 g/mol. The van der Waals surface area contributed by atoms with Gasteiger partial charge in [0, 0.05) is 51.4 Å². The molecule has 2 aromatic heterocycles. The van der Waals surface area contributed by atoms with Gasteiger partial charge in [-0.15, -0.1) is 0 Å². The molecule has 8 heteroatoms. The van der Waals surface area contributed by atoms with E-state index in [0.717, 1.165) is 31.2 Å². The predicted octanol–water partition coefficient (Wildman–Crippen LogP) is 1.86. The van der Waals surface area contributed by atoms with E-state index in [-0.39, 0.29) is 10.9 Å². The van der Waals surface area contributed by atoms with E-state index < -0.39 is 10.0 Å². The second kappa shape index (κ2) is 7.17. The number of aromatic nitrogens is 3. The number of imidazole rings is 1. The van der Waals surface area contributed by atoms with Gasteiger partial charge in [0.1, 0.15) is 0 Å². The van der Waals surface area contributed by atoms with Crippen LogP contribution in [0.4, 0.5) is 0 Å². The molecule has 1 aliphatic heterocycles. The minimum atomic E-state index is -3.60. The first-order valence-electron chi connectivity index (χ1n) is 9.22. The smallest absolute Gasteiger partial charge is 0.262 e. The number of fused-ring (bicyclic) bond motifs is 1. The molecule has 3 heterocycles. The molecule has 1 atom stereocenters. The summed E-state index contributed by atoms with van der Waals surface area (Å²) in [5.41, 5.74) is 1.02. The molecule has 1 saturated carbocycles. The van der Waals surface area contributed by atoms with E-state index in [1.807, 2.05) is 18.3 Å². The van der Waals surface area contributed by atoms with Gasteiger partial charge < -0.3 is 13.9 Å². The molecule has 0 N–H and O–H groups in total. The standard InChI is InChI=1S/C18H26N4O3S/c1-20-12-18(19-14-20)26(23,24)22-10-16(6-8-25-13-15-4-5-15)9-21-7-2-3-17(21)11-22/h2-3,7,12,14-16H,4-6,8-11,13H2,1H3/t16-/m1/s1. The van der Waals surface area contributed by atoms with Crippen molar-refractivity contribution in [3.05, 3.63) is 36.5 Å². The summed E-state index contributed by atoms with van der Waals surface area (Å²) in [4.78, 5) is 4.07. The molecule has 142 valence electrons. The van der Waals surface area contributed by atoms with Gasteiger partial charge in [0.25, 0.3) is 10.0 Å². The lowest BCUT2D eigenvalue weighted by Gasteiger charge is -2.22. The molecule has 1 aliphatic carbocycles. The minimum absolute atomic E-state index is 0.115. The van der Waals surface area contributed by atoms with Crippen LogP contribution >= 0.6 is 0 Å². The maximum absolute atomic E-state index is 13.1. The lowest BCUT2D eigenvalue weighted by Crippen LogP contribution is -2.34. The van der Waals surface area contributed by atoms with E-state index in [0.29, 0.717) is 19.7 Å². The van der Waals surface area contributed by atoms with E-state index in [4.69, 9.17) is 4.74 Å². The van der Waals surface area contributed by atoms with Gasteiger partial charge in [-0.3, -0.25) is 0 Å². The van der Waals surface area contributed by atoms with E-state index >= 15 is 0 Å². The number of ether oxygens (including phenoxy) is 1. The second-order valence-corrected chi connectivity index (χ2v) is 9.38. The van der Waals surface area contributed by atoms with E-state index in [9.17, 15) is 8.42 Å². The summed E-state index contributed by atoms with van der Waals surface area (Å²) in [5.74, 6) is 0.975. The normalized spacial score (nSPS) is 21.5. The van der Waals surface area contributed by atoms with Gasteiger partial charge in [-0.25, -0.2) is 13.4 Å². The van der Waals surface area contributed by atoms with Crippen LogP contribution in [0.1, 0.15) is 25.0 Å². The zero-order valence-electron chi connectivity index (χ0n) is 15.1. The van der Waals surface area contributed by atoms with Gasteiger partial charge in [-0.05, 0) is 43.2 Å². The van der Waals surface area contributed by atoms with Crippen LogP contribution in [-0.4, -0.2) is 46.6 Å². The number of rotatable bonds is 7. The Morgan fingerprint density at radius 1 is 1.27 bits per heavy atom. The number of aryl methyl sites for hydroxylation is 1. The number of nitrogens with zero attached hydrogens (tertiary/aromatic N) is 4. The van der Waals surface area contributed by atoms with Crippen molar-refractivity contribution in [3.8, 4) is 0 Å². The van der Waals surface area contributed by atoms with Crippen LogP contribution in [0, 0.1) is 11.8 Å². The Bertz CT molecular complexity index is 853. The summed E-state index contributed by atoms with van der Waals surface area (Å²) in [6.45, 7) is 3.23. The van der Waals surface area contributed by atoms with Crippen molar-refractivity contribution < 1.29 is 13.2 Å². The molecule has 0 unspecified atom stereocenters. The highest BCUT2D eigenvalue weighted by Gasteiger charge is 2.32. The SMILES string of the molecule is Cn1cnc(S(=O)(=O)N2Cc3cccn3C[C@@H](CCOCC3CC3)C2)c1. The zero-order chi connectivity index (χ0) is 18.1. The van der Waals surface area contributed by atoms with Gasteiger partial charge in [-0.1, -0.05) is 0 Å². The second-order valence-electron chi connectivity index (χ2n) is 7.50. The molecule has 2 aromatic rings. The fraction of sp³-hybridized carbons (Fsp3) is 0.611. The van der Waals surface area contributed by atoms with Gasteiger partial charge in [0.05, 0.1) is 12.9 Å². The van der Waals surface area contributed by atoms with Crippen molar-refractivity contribution >= 4 is 10.0 Å². The summed E-state index contributed by atoms with van der Waals surface area (Å²) < 4.78 is 37.3. The Labute approximate surface area is 154 Å². The first-order chi connectivity index (χ1) is 12.5.